The van der Waals surface area contributed by atoms with E-state index >= 15 is 0 Å². The first-order chi connectivity index (χ1) is 8.20. The molecule has 0 radical (unpaired) electrons. The van der Waals surface area contributed by atoms with Crippen LogP contribution < -0.4 is 10.2 Å². The number of pyridine rings is 1. The Morgan fingerprint density at radius 2 is 2.41 bits per heavy atom. The number of aliphatic hydroxyl groups is 1. The lowest BCUT2D eigenvalue weighted by molar-refractivity contribution is -0.120. The van der Waals surface area contributed by atoms with Gasteiger partial charge in [0.05, 0.1) is 30.2 Å². The molecular formula is C12H17N3O2. The van der Waals surface area contributed by atoms with Gasteiger partial charge in [-0.3, -0.25) is 9.78 Å². The summed E-state index contributed by atoms with van der Waals surface area (Å²) in [6.07, 6.45) is 1.86. The number of hydrogen-bond donors (Lipinski definition) is 2. The van der Waals surface area contributed by atoms with Crippen molar-refractivity contribution >= 4 is 11.6 Å². The molecule has 5 nitrogen and oxygen atoms in total. The van der Waals surface area contributed by atoms with Crippen LogP contribution in [0.5, 0.6) is 0 Å². The second kappa shape index (κ2) is 5.14. The highest BCUT2D eigenvalue weighted by molar-refractivity contribution is 5.82. The third-order valence-electron chi connectivity index (χ3n) is 2.90. The Balaban J connectivity index is 2.09. The van der Waals surface area contributed by atoms with Gasteiger partial charge in [-0.05, 0) is 18.6 Å². The van der Waals surface area contributed by atoms with E-state index in [2.05, 4.69) is 10.3 Å². The molecule has 92 valence electrons. The molecule has 1 aliphatic rings. The Labute approximate surface area is 100 Å². The topological polar surface area (TPSA) is 65.5 Å². The van der Waals surface area contributed by atoms with E-state index in [9.17, 15) is 9.90 Å². The Kier molecular flexibility index (Phi) is 3.58. The molecule has 2 heterocycles. The SMILES string of the molecule is CCC(O)c1ccc(N2CCNC(=O)C2)cn1. The average molecular weight is 235 g/mol. The maximum Gasteiger partial charge on any atom is 0.239 e. The first-order valence-corrected chi connectivity index (χ1v) is 5.86. The summed E-state index contributed by atoms with van der Waals surface area (Å²) in [6, 6.07) is 3.72. The van der Waals surface area contributed by atoms with Crippen LogP contribution in [-0.4, -0.2) is 35.6 Å². The lowest BCUT2D eigenvalue weighted by Gasteiger charge is -2.28. The molecule has 0 aliphatic carbocycles. The first-order valence-electron chi connectivity index (χ1n) is 5.86. The van der Waals surface area contributed by atoms with Gasteiger partial charge in [0.2, 0.25) is 5.91 Å². The number of rotatable bonds is 3. The second-order valence-corrected chi connectivity index (χ2v) is 4.14. The normalized spacial score (nSPS) is 17.8. The van der Waals surface area contributed by atoms with Crippen molar-refractivity contribution in [1.82, 2.24) is 10.3 Å². The Hall–Kier alpha value is -1.62. The van der Waals surface area contributed by atoms with E-state index < -0.39 is 6.10 Å². The highest BCUT2D eigenvalue weighted by atomic mass is 16.3. The number of hydrogen-bond acceptors (Lipinski definition) is 4. The number of nitrogens with zero attached hydrogens (tertiary/aromatic N) is 2. The van der Waals surface area contributed by atoms with Crippen molar-refractivity contribution in [3.05, 3.63) is 24.0 Å². The molecule has 5 heteroatoms. The van der Waals surface area contributed by atoms with Crippen LogP contribution in [0.2, 0.25) is 0 Å². The summed E-state index contributed by atoms with van der Waals surface area (Å²) in [6.45, 7) is 3.74. The Morgan fingerprint density at radius 1 is 1.59 bits per heavy atom. The minimum absolute atomic E-state index is 0.0360. The van der Waals surface area contributed by atoms with E-state index in [1.807, 2.05) is 24.0 Å². The van der Waals surface area contributed by atoms with Gasteiger partial charge < -0.3 is 15.3 Å². The maximum absolute atomic E-state index is 11.3. The molecule has 0 spiro atoms. The number of nitrogens with one attached hydrogen (secondary N) is 1. The molecule has 1 fully saturated rings. The zero-order valence-corrected chi connectivity index (χ0v) is 9.89. The van der Waals surface area contributed by atoms with E-state index in [1.54, 1.807) is 6.20 Å². The van der Waals surface area contributed by atoms with E-state index in [0.717, 1.165) is 12.2 Å². The zero-order valence-electron chi connectivity index (χ0n) is 9.89. The summed E-state index contributed by atoms with van der Waals surface area (Å²) in [5.74, 6) is 0.0360. The van der Waals surface area contributed by atoms with E-state index in [-0.39, 0.29) is 5.91 Å². The van der Waals surface area contributed by atoms with Crippen LogP contribution in [0, 0.1) is 0 Å². The number of aliphatic hydroxyl groups excluding tert-OH is 1. The maximum atomic E-state index is 11.3. The van der Waals surface area contributed by atoms with Gasteiger partial charge in [-0.25, -0.2) is 0 Å². The second-order valence-electron chi connectivity index (χ2n) is 4.14. The predicted octanol–water partition coefficient (Wildman–Crippen LogP) is 0.461. The smallest absolute Gasteiger partial charge is 0.239 e. The first kappa shape index (κ1) is 11.9. The third kappa shape index (κ3) is 2.74. The van der Waals surface area contributed by atoms with Crippen LogP contribution >= 0.6 is 0 Å². The van der Waals surface area contributed by atoms with Gasteiger partial charge in [0.1, 0.15) is 0 Å². The highest BCUT2D eigenvalue weighted by Crippen LogP contribution is 2.18. The van der Waals surface area contributed by atoms with Crippen molar-refractivity contribution in [3.63, 3.8) is 0 Å². The molecule has 1 unspecified atom stereocenters. The van der Waals surface area contributed by atoms with Gasteiger partial charge in [0.15, 0.2) is 0 Å². The fourth-order valence-corrected chi connectivity index (χ4v) is 1.85. The summed E-state index contributed by atoms with van der Waals surface area (Å²) in [4.78, 5) is 17.5. The Morgan fingerprint density at radius 3 is 3.00 bits per heavy atom. The molecule has 1 atom stereocenters. The fourth-order valence-electron chi connectivity index (χ4n) is 1.85. The molecule has 17 heavy (non-hydrogen) atoms. The van der Waals surface area contributed by atoms with Crippen LogP contribution in [0.25, 0.3) is 0 Å². The summed E-state index contributed by atoms with van der Waals surface area (Å²) in [5, 5.41) is 12.4. The molecule has 1 amide bonds. The van der Waals surface area contributed by atoms with Gasteiger partial charge in [-0.1, -0.05) is 6.92 Å². The lowest BCUT2D eigenvalue weighted by atomic mass is 10.2. The zero-order chi connectivity index (χ0) is 12.3. The summed E-state index contributed by atoms with van der Waals surface area (Å²) in [5.41, 5.74) is 1.60. The molecule has 2 rings (SSSR count). The molecule has 0 aromatic carbocycles. The minimum atomic E-state index is -0.506. The molecule has 0 bridgehead atoms. The fraction of sp³-hybridized carbons (Fsp3) is 0.500. The van der Waals surface area contributed by atoms with Crippen molar-refractivity contribution in [2.24, 2.45) is 0 Å². The minimum Gasteiger partial charge on any atom is -0.387 e. The van der Waals surface area contributed by atoms with E-state index in [4.69, 9.17) is 0 Å². The number of carbonyl (C=O) groups excluding carboxylic acids is 1. The van der Waals surface area contributed by atoms with Crippen LogP contribution in [0.15, 0.2) is 18.3 Å². The number of carbonyl (C=O) groups is 1. The molecule has 1 saturated heterocycles. The third-order valence-corrected chi connectivity index (χ3v) is 2.90. The van der Waals surface area contributed by atoms with Crippen molar-refractivity contribution in [2.75, 3.05) is 24.5 Å². The molecule has 1 aromatic rings. The van der Waals surface area contributed by atoms with Crippen LogP contribution in [0.1, 0.15) is 25.1 Å². The summed E-state index contributed by atoms with van der Waals surface area (Å²) in [7, 11) is 0. The quantitative estimate of drug-likeness (QED) is 0.799. The number of piperazine rings is 1. The molecule has 1 aromatic heterocycles. The van der Waals surface area contributed by atoms with Gasteiger partial charge in [-0.2, -0.15) is 0 Å². The lowest BCUT2D eigenvalue weighted by Crippen LogP contribution is -2.47. The average Bonchev–Trinajstić information content (AvgIpc) is 2.38. The largest absolute Gasteiger partial charge is 0.387 e. The number of amides is 1. The summed E-state index contributed by atoms with van der Waals surface area (Å²) >= 11 is 0. The van der Waals surface area contributed by atoms with Gasteiger partial charge in [-0.15, -0.1) is 0 Å². The molecule has 2 N–H and O–H groups in total. The van der Waals surface area contributed by atoms with Crippen molar-refractivity contribution < 1.29 is 9.90 Å². The Bertz CT molecular complexity index is 391. The van der Waals surface area contributed by atoms with Gasteiger partial charge in [0.25, 0.3) is 0 Å². The van der Waals surface area contributed by atoms with Crippen molar-refractivity contribution in [2.45, 2.75) is 19.4 Å². The predicted molar refractivity (Wildman–Crippen MR) is 64.7 cm³/mol. The summed E-state index contributed by atoms with van der Waals surface area (Å²) < 4.78 is 0. The van der Waals surface area contributed by atoms with Crippen LogP contribution in [0.3, 0.4) is 0 Å². The van der Waals surface area contributed by atoms with E-state index in [1.165, 1.54) is 0 Å². The van der Waals surface area contributed by atoms with Gasteiger partial charge in [0, 0.05) is 13.1 Å². The monoisotopic (exact) mass is 235 g/mol. The van der Waals surface area contributed by atoms with Crippen LogP contribution in [-0.2, 0) is 4.79 Å². The van der Waals surface area contributed by atoms with Gasteiger partial charge >= 0.3 is 0 Å². The van der Waals surface area contributed by atoms with Crippen molar-refractivity contribution in [1.29, 1.82) is 0 Å². The molecule has 1 aliphatic heterocycles. The van der Waals surface area contributed by atoms with Crippen LogP contribution in [0.4, 0.5) is 5.69 Å². The number of aromatic nitrogens is 1. The standard InChI is InChI=1S/C12H17N3O2/c1-2-11(16)10-4-3-9(7-14-10)15-6-5-13-12(17)8-15/h3-4,7,11,16H,2,5-6,8H2,1H3,(H,13,17). The van der Waals surface area contributed by atoms with E-state index in [0.29, 0.717) is 25.2 Å². The van der Waals surface area contributed by atoms with Crippen molar-refractivity contribution in [3.8, 4) is 0 Å². The molecule has 0 saturated carbocycles. The highest BCUT2D eigenvalue weighted by Gasteiger charge is 2.17. The molecular weight excluding hydrogens is 218 g/mol. The number of anilines is 1.